The topological polar surface area (TPSA) is 67.4 Å². The van der Waals surface area contributed by atoms with Gasteiger partial charge in [0.25, 0.3) is 0 Å². The van der Waals surface area contributed by atoms with Gasteiger partial charge in [-0.15, -0.1) is 0 Å². The number of ether oxygens (including phenoxy) is 1. The molecule has 5 nitrogen and oxygen atoms in total. The van der Waals surface area contributed by atoms with Crippen LogP contribution in [0.15, 0.2) is 0 Å². The molecule has 5 heteroatoms. The molecule has 2 N–H and O–H groups in total. The fourth-order valence-electron chi connectivity index (χ4n) is 1.61. The van der Waals surface area contributed by atoms with Crippen LogP contribution in [0.25, 0.3) is 0 Å². The molecule has 0 saturated heterocycles. The molecule has 1 unspecified atom stereocenters. The summed E-state index contributed by atoms with van der Waals surface area (Å²) in [5.74, 6) is 1.22. The lowest BCUT2D eigenvalue weighted by Crippen LogP contribution is -2.34. The second-order valence-electron chi connectivity index (χ2n) is 7.06. The first kappa shape index (κ1) is 31.6. The minimum absolute atomic E-state index is 0.337. The molecule has 0 spiro atoms. The maximum atomic E-state index is 11.0. The molecule has 0 aliphatic heterocycles. The summed E-state index contributed by atoms with van der Waals surface area (Å²) in [4.78, 5) is 19.8. The minimum atomic E-state index is -0.402. The Labute approximate surface area is 157 Å². The number of carbonyl (C=O) groups excluding carboxylic acids is 2. The summed E-state index contributed by atoms with van der Waals surface area (Å²) < 4.78 is 5.04. The third-order valence-electron chi connectivity index (χ3n) is 2.67. The molecular weight excluding hydrogens is 316 g/mol. The van der Waals surface area contributed by atoms with Crippen LogP contribution in [0.2, 0.25) is 0 Å². The number of hydrogen-bond acceptors (Lipinski definition) is 4. The summed E-state index contributed by atoms with van der Waals surface area (Å²) in [5, 5.41) is 5.93. The number of hydrogen-bond donors (Lipinski definition) is 2. The van der Waals surface area contributed by atoms with Crippen LogP contribution in [0, 0.1) is 11.8 Å². The maximum absolute atomic E-state index is 11.0. The van der Waals surface area contributed by atoms with Crippen LogP contribution < -0.4 is 10.6 Å². The van der Waals surface area contributed by atoms with E-state index >= 15 is 0 Å². The molecule has 0 aromatic heterocycles. The normalized spacial score (nSPS) is 11.0. The molecule has 1 atom stereocenters. The molecule has 0 aliphatic carbocycles. The quantitative estimate of drug-likeness (QED) is 0.672. The molecule has 0 saturated carbocycles. The van der Waals surface area contributed by atoms with Gasteiger partial charge in [0.15, 0.2) is 0 Å². The Morgan fingerprint density at radius 2 is 1.52 bits per heavy atom. The smallest absolute Gasteiger partial charge is 0.407 e. The summed E-state index contributed by atoms with van der Waals surface area (Å²) in [6, 6.07) is 0.704. The number of nitrogens with one attached hydrogen (secondary N) is 2. The minimum Gasteiger partial charge on any atom is -0.444 e. The van der Waals surface area contributed by atoms with Gasteiger partial charge >= 0.3 is 6.09 Å². The van der Waals surface area contributed by atoms with E-state index in [1.165, 1.54) is 13.3 Å². The van der Waals surface area contributed by atoms with Crippen molar-refractivity contribution in [2.75, 3.05) is 13.6 Å². The third-order valence-corrected chi connectivity index (χ3v) is 2.67. The zero-order valence-electron chi connectivity index (χ0n) is 18.9. The van der Waals surface area contributed by atoms with E-state index in [-0.39, 0.29) is 6.09 Å². The molecule has 0 aliphatic rings. The van der Waals surface area contributed by atoms with E-state index in [1.807, 2.05) is 55.5 Å². The summed E-state index contributed by atoms with van der Waals surface area (Å²) in [6.45, 7) is 22.4. The second-order valence-corrected chi connectivity index (χ2v) is 7.06. The average molecular weight is 363 g/mol. The van der Waals surface area contributed by atoms with Crippen LogP contribution in [0.5, 0.6) is 0 Å². The van der Waals surface area contributed by atoms with Crippen molar-refractivity contribution < 1.29 is 14.3 Å². The highest BCUT2D eigenvalue weighted by molar-refractivity contribution is 5.67. The van der Waals surface area contributed by atoms with E-state index < -0.39 is 5.60 Å². The van der Waals surface area contributed by atoms with Gasteiger partial charge in [-0.25, -0.2) is 4.79 Å². The Balaban J connectivity index is -0.000000146. The highest BCUT2D eigenvalue weighted by Crippen LogP contribution is 2.06. The summed E-state index contributed by atoms with van der Waals surface area (Å²) >= 11 is 0. The van der Waals surface area contributed by atoms with Gasteiger partial charge in [-0.2, -0.15) is 0 Å². The zero-order chi connectivity index (χ0) is 21.1. The molecule has 0 fully saturated rings. The lowest BCUT2D eigenvalue weighted by molar-refractivity contribution is -0.106. The van der Waals surface area contributed by atoms with Gasteiger partial charge in [-0.05, 0) is 53.0 Å². The van der Waals surface area contributed by atoms with Crippen molar-refractivity contribution in [2.45, 2.75) is 94.2 Å². The van der Waals surface area contributed by atoms with Gasteiger partial charge in [0, 0.05) is 12.6 Å². The zero-order valence-corrected chi connectivity index (χ0v) is 18.9. The largest absolute Gasteiger partial charge is 0.444 e. The fraction of sp³-hybridized carbons (Fsp3) is 0.900. The van der Waals surface area contributed by atoms with Crippen molar-refractivity contribution in [3.63, 3.8) is 0 Å². The second kappa shape index (κ2) is 20.9. The first-order valence-electron chi connectivity index (χ1n) is 9.48. The van der Waals surface area contributed by atoms with Crippen LogP contribution in [0.1, 0.15) is 82.6 Å². The van der Waals surface area contributed by atoms with Crippen molar-refractivity contribution in [3.8, 4) is 0 Å². The molecule has 25 heavy (non-hydrogen) atoms. The lowest BCUT2D eigenvalue weighted by Gasteiger charge is -2.20. The molecule has 0 heterocycles. The number of amides is 1. The van der Waals surface area contributed by atoms with E-state index in [1.54, 1.807) is 0 Å². The monoisotopic (exact) mass is 362 g/mol. The first-order chi connectivity index (χ1) is 11.4. The van der Waals surface area contributed by atoms with Gasteiger partial charge in [0.1, 0.15) is 11.9 Å². The van der Waals surface area contributed by atoms with Gasteiger partial charge < -0.3 is 20.2 Å². The van der Waals surface area contributed by atoms with E-state index in [0.717, 1.165) is 12.2 Å². The first-order valence-corrected chi connectivity index (χ1v) is 9.48. The predicted octanol–water partition coefficient (Wildman–Crippen LogP) is 5.04. The van der Waals surface area contributed by atoms with Crippen molar-refractivity contribution in [3.05, 3.63) is 0 Å². The predicted molar refractivity (Wildman–Crippen MR) is 110 cm³/mol. The van der Waals surface area contributed by atoms with Crippen molar-refractivity contribution in [1.82, 2.24) is 10.6 Å². The van der Waals surface area contributed by atoms with Crippen LogP contribution in [-0.4, -0.2) is 37.6 Å². The van der Waals surface area contributed by atoms with Crippen LogP contribution in [-0.2, 0) is 9.53 Å². The summed E-state index contributed by atoms with van der Waals surface area (Å²) in [7, 11) is 2.02. The summed E-state index contributed by atoms with van der Waals surface area (Å²) in [6.07, 6.45) is 1.64. The number of aldehydes is 1. The van der Waals surface area contributed by atoms with Crippen molar-refractivity contribution >= 4 is 12.4 Å². The molecule has 0 bridgehead atoms. The Morgan fingerprint density at radius 1 is 1.12 bits per heavy atom. The lowest BCUT2D eigenvalue weighted by atomic mass is 10.0. The number of alkyl carbamates (subject to hydrolysis) is 1. The number of carbonyl (C=O) groups is 2. The van der Waals surface area contributed by atoms with Crippen LogP contribution in [0.3, 0.4) is 0 Å². The third kappa shape index (κ3) is 35.0. The molecule has 154 valence electrons. The molecule has 0 rings (SSSR count). The van der Waals surface area contributed by atoms with E-state index in [9.17, 15) is 4.79 Å². The highest BCUT2D eigenvalue weighted by Gasteiger charge is 2.15. The van der Waals surface area contributed by atoms with Crippen LogP contribution in [0.4, 0.5) is 4.79 Å². The van der Waals surface area contributed by atoms with E-state index in [4.69, 9.17) is 9.53 Å². The molecular formula is C20H46N2O3. The van der Waals surface area contributed by atoms with Gasteiger partial charge in [0.2, 0.25) is 0 Å². The Hall–Kier alpha value is -1.10. The Bertz CT molecular complexity index is 281. The van der Waals surface area contributed by atoms with Crippen molar-refractivity contribution in [2.24, 2.45) is 11.8 Å². The van der Waals surface area contributed by atoms with E-state index in [0.29, 0.717) is 18.5 Å². The molecule has 0 aromatic carbocycles. The van der Waals surface area contributed by atoms with Crippen molar-refractivity contribution in [1.29, 1.82) is 0 Å². The highest BCUT2D eigenvalue weighted by atomic mass is 16.6. The molecule has 0 radical (unpaired) electrons. The number of rotatable bonds is 5. The summed E-state index contributed by atoms with van der Waals surface area (Å²) in [5.41, 5.74) is -0.402. The van der Waals surface area contributed by atoms with Crippen LogP contribution >= 0.6 is 0 Å². The standard InChI is InChI=1S/C9H19NO2.C7H17N.C2H4O.C2H6/c1-7(2)6-10-8(11)12-9(3,4)5;1-5-7(8-4)6(2)3;1-2-3;1-2/h7H,6H2,1-5H3,(H,10,11);6-8H,5H2,1-4H3;2H,1H3;1-2H3. The average Bonchev–Trinajstić information content (AvgIpc) is 2.48. The van der Waals surface area contributed by atoms with Gasteiger partial charge in [-0.3, -0.25) is 0 Å². The van der Waals surface area contributed by atoms with Gasteiger partial charge in [0.05, 0.1) is 0 Å². The Morgan fingerprint density at radius 3 is 1.68 bits per heavy atom. The van der Waals surface area contributed by atoms with Gasteiger partial charge in [-0.1, -0.05) is 48.5 Å². The molecule has 1 amide bonds. The SMILES string of the molecule is CC.CC(C)CNC(=O)OC(C)(C)C.CC=O.CCC(NC)C(C)C. The molecule has 0 aromatic rings. The maximum Gasteiger partial charge on any atom is 0.407 e. The Kier molecular flexibility index (Phi) is 26.5. The van der Waals surface area contributed by atoms with E-state index in [2.05, 4.69) is 31.4 Å². The fourth-order valence-corrected chi connectivity index (χ4v) is 1.61.